The molecule has 49 heavy (non-hydrogen) atoms. The van der Waals surface area contributed by atoms with Crippen molar-refractivity contribution in [2.45, 2.75) is 32.4 Å². The third-order valence-electron chi connectivity index (χ3n) is 8.68. The Labute approximate surface area is 288 Å². The van der Waals surface area contributed by atoms with Crippen LogP contribution in [-0.2, 0) is 11.3 Å². The third kappa shape index (κ3) is 10.2. The highest BCUT2D eigenvalue weighted by molar-refractivity contribution is 5.99. The predicted molar refractivity (Wildman–Crippen MR) is 192 cm³/mol. The lowest BCUT2D eigenvalue weighted by atomic mass is 10.0. The molecule has 10 heteroatoms. The molecule has 0 atom stereocenters. The van der Waals surface area contributed by atoms with Gasteiger partial charge in [-0.2, -0.15) is 0 Å². The Bertz CT molecular complexity index is 1690. The van der Waals surface area contributed by atoms with Gasteiger partial charge in [-0.05, 0) is 55.7 Å². The number of amides is 3. The number of phenolic OH excluding ortho intramolecular Hbond substituents is 1. The van der Waals surface area contributed by atoms with Gasteiger partial charge in [-0.15, -0.1) is 0 Å². The average molecular weight is 664 g/mol. The number of likely N-dealkylation sites (N-methyl/N-ethyl adjacent to an activating group) is 1. The van der Waals surface area contributed by atoms with Crippen LogP contribution in [0.5, 0.6) is 5.75 Å². The van der Waals surface area contributed by atoms with E-state index >= 15 is 0 Å². The van der Waals surface area contributed by atoms with Gasteiger partial charge in [0.25, 0.3) is 11.8 Å². The van der Waals surface area contributed by atoms with Crippen LogP contribution in [0.1, 0.15) is 46.0 Å². The van der Waals surface area contributed by atoms with Crippen molar-refractivity contribution >= 4 is 23.6 Å². The monoisotopic (exact) mass is 663 g/mol. The molecular formula is C39H45N5O5. The lowest BCUT2D eigenvalue weighted by molar-refractivity contribution is 0.0526. The fraction of sp³-hybridized carbons (Fsp3) is 0.308. The van der Waals surface area contributed by atoms with Gasteiger partial charge in [0.2, 0.25) is 0 Å². The summed E-state index contributed by atoms with van der Waals surface area (Å²) in [5.74, 6) is -0.132. The molecular weight excluding hydrogens is 618 g/mol. The Morgan fingerprint density at radius 1 is 0.857 bits per heavy atom. The molecule has 0 radical (unpaired) electrons. The van der Waals surface area contributed by atoms with Crippen LogP contribution in [0.4, 0.5) is 10.5 Å². The number of carbonyl (C=O) groups excluding carboxylic acids is 3. The maximum atomic E-state index is 13.4. The number of para-hydroxylation sites is 2. The number of nitrogens with one attached hydrogen (secondary N) is 3. The molecule has 0 bridgehead atoms. The molecule has 1 aliphatic heterocycles. The third-order valence-corrected chi connectivity index (χ3v) is 8.68. The summed E-state index contributed by atoms with van der Waals surface area (Å²) < 4.78 is 5.78. The molecule has 0 aromatic heterocycles. The molecule has 1 heterocycles. The number of nitrogens with zero attached hydrogens (tertiary/aromatic N) is 2. The zero-order valence-corrected chi connectivity index (χ0v) is 27.9. The van der Waals surface area contributed by atoms with Crippen LogP contribution >= 0.6 is 0 Å². The topological polar surface area (TPSA) is 123 Å². The zero-order chi connectivity index (χ0) is 34.4. The van der Waals surface area contributed by atoms with E-state index in [1.54, 1.807) is 41.3 Å². The van der Waals surface area contributed by atoms with Crippen LogP contribution in [0.2, 0.25) is 0 Å². The molecule has 4 aromatic carbocycles. The van der Waals surface area contributed by atoms with E-state index in [9.17, 15) is 19.5 Å². The molecule has 0 aliphatic carbocycles. The van der Waals surface area contributed by atoms with E-state index in [0.717, 1.165) is 42.6 Å². The van der Waals surface area contributed by atoms with Crippen molar-refractivity contribution in [1.29, 1.82) is 0 Å². The number of ether oxygens (including phenoxy) is 1. The molecule has 256 valence electrons. The van der Waals surface area contributed by atoms with Gasteiger partial charge in [-0.1, -0.05) is 72.8 Å². The Kier molecular flexibility index (Phi) is 12.8. The summed E-state index contributed by atoms with van der Waals surface area (Å²) in [5, 5.41) is 18.9. The first-order valence-corrected chi connectivity index (χ1v) is 16.9. The summed E-state index contributed by atoms with van der Waals surface area (Å²) in [6, 6.07) is 31.5. The Hall–Kier alpha value is -5.19. The summed E-state index contributed by atoms with van der Waals surface area (Å²) in [6.07, 6.45) is 0.803. The fourth-order valence-corrected chi connectivity index (χ4v) is 5.89. The number of anilines is 1. The van der Waals surface area contributed by atoms with Crippen LogP contribution in [0, 0.1) is 0 Å². The molecule has 0 unspecified atom stereocenters. The predicted octanol–water partition coefficient (Wildman–Crippen LogP) is 5.75. The number of rotatable bonds is 14. The quantitative estimate of drug-likeness (QED) is 0.127. The van der Waals surface area contributed by atoms with Gasteiger partial charge in [-0.3, -0.25) is 14.9 Å². The highest BCUT2D eigenvalue weighted by Gasteiger charge is 2.24. The van der Waals surface area contributed by atoms with Crippen LogP contribution in [0.25, 0.3) is 11.1 Å². The number of hydrogen-bond acceptors (Lipinski definition) is 7. The first-order valence-electron chi connectivity index (χ1n) is 16.9. The molecule has 0 spiro atoms. The SMILES string of the molecule is CCN(CCN1CCC(OC(=O)Nc2ccccc2-c2ccccc2)CC1)C(=O)c1cccc(C(=O)NCCNCc2ccccc2O)c1. The van der Waals surface area contributed by atoms with E-state index in [-0.39, 0.29) is 23.7 Å². The van der Waals surface area contributed by atoms with Gasteiger partial charge in [0, 0.05) is 74.6 Å². The van der Waals surface area contributed by atoms with E-state index in [1.165, 1.54) is 0 Å². The average Bonchev–Trinajstić information content (AvgIpc) is 3.13. The highest BCUT2D eigenvalue weighted by Crippen LogP contribution is 2.28. The maximum absolute atomic E-state index is 13.4. The number of piperidine rings is 1. The highest BCUT2D eigenvalue weighted by atomic mass is 16.6. The lowest BCUT2D eigenvalue weighted by Crippen LogP contribution is -2.43. The first-order chi connectivity index (χ1) is 23.9. The van der Waals surface area contributed by atoms with Crippen molar-refractivity contribution in [2.24, 2.45) is 0 Å². The van der Waals surface area contributed by atoms with E-state index in [4.69, 9.17) is 4.74 Å². The maximum Gasteiger partial charge on any atom is 0.411 e. The second kappa shape index (κ2) is 17.8. The van der Waals surface area contributed by atoms with Gasteiger partial charge in [0.15, 0.2) is 0 Å². The minimum atomic E-state index is -0.457. The number of likely N-dealkylation sites (tertiary alicyclic amines) is 1. The molecule has 4 N–H and O–H groups in total. The lowest BCUT2D eigenvalue weighted by Gasteiger charge is -2.33. The van der Waals surface area contributed by atoms with Crippen LogP contribution in [0.3, 0.4) is 0 Å². The van der Waals surface area contributed by atoms with Crippen molar-refractivity contribution in [1.82, 2.24) is 20.4 Å². The molecule has 0 saturated carbocycles. The molecule has 4 aromatic rings. The Morgan fingerprint density at radius 3 is 2.35 bits per heavy atom. The van der Waals surface area contributed by atoms with Gasteiger partial charge in [0.05, 0.1) is 5.69 Å². The van der Waals surface area contributed by atoms with Crippen LogP contribution in [0.15, 0.2) is 103 Å². The summed E-state index contributed by atoms with van der Waals surface area (Å²) in [7, 11) is 0. The number of carbonyl (C=O) groups is 3. The van der Waals surface area contributed by atoms with Crippen LogP contribution < -0.4 is 16.0 Å². The Morgan fingerprint density at radius 2 is 1.57 bits per heavy atom. The molecule has 10 nitrogen and oxygen atoms in total. The van der Waals surface area contributed by atoms with E-state index in [0.29, 0.717) is 56.1 Å². The van der Waals surface area contributed by atoms with Crippen molar-refractivity contribution in [2.75, 3.05) is 51.1 Å². The molecule has 1 aliphatic rings. The van der Waals surface area contributed by atoms with Gasteiger partial charge >= 0.3 is 6.09 Å². The van der Waals surface area contributed by atoms with E-state index < -0.39 is 6.09 Å². The minimum absolute atomic E-state index is 0.118. The second-order valence-electron chi connectivity index (χ2n) is 12.0. The molecule has 5 rings (SSSR count). The van der Waals surface area contributed by atoms with Gasteiger partial charge < -0.3 is 30.3 Å². The minimum Gasteiger partial charge on any atom is -0.508 e. The number of hydrogen-bond donors (Lipinski definition) is 4. The number of aromatic hydroxyl groups is 1. The van der Waals surface area contributed by atoms with Gasteiger partial charge in [-0.25, -0.2) is 4.79 Å². The van der Waals surface area contributed by atoms with Crippen LogP contribution in [-0.4, -0.2) is 84.7 Å². The molecule has 1 fully saturated rings. The molecule has 1 saturated heterocycles. The first kappa shape index (κ1) is 35.1. The standard InChI is InChI=1S/C39H45N5O5/c1-2-44(38(47)31-15-10-14-30(27-31)37(46)41-22-21-40-28-32-13-6-9-18-36(32)45)26-25-43-23-19-33(20-24-43)49-39(48)42-35-17-8-7-16-34(35)29-11-4-3-5-12-29/h3-18,27,33,40,45H,2,19-26,28H2,1H3,(H,41,46)(H,42,48). The second-order valence-corrected chi connectivity index (χ2v) is 12.0. The van der Waals surface area contributed by atoms with Crippen molar-refractivity contribution < 1.29 is 24.2 Å². The largest absolute Gasteiger partial charge is 0.508 e. The summed E-state index contributed by atoms with van der Waals surface area (Å²) >= 11 is 0. The van der Waals surface area contributed by atoms with Crippen molar-refractivity contribution in [3.63, 3.8) is 0 Å². The summed E-state index contributed by atoms with van der Waals surface area (Å²) in [4.78, 5) is 43.1. The number of phenols is 1. The van der Waals surface area contributed by atoms with E-state index in [2.05, 4.69) is 20.9 Å². The number of benzene rings is 4. The smallest absolute Gasteiger partial charge is 0.411 e. The zero-order valence-electron chi connectivity index (χ0n) is 27.9. The molecule has 3 amide bonds. The van der Waals surface area contributed by atoms with Crippen molar-refractivity contribution in [3.05, 3.63) is 120 Å². The Balaban J connectivity index is 1.03. The fourth-order valence-electron chi connectivity index (χ4n) is 5.89. The van der Waals surface area contributed by atoms with Crippen molar-refractivity contribution in [3.8, 4) is 16.9 Å². The van der Waals surface area contributed by atoms with Gasteiger partial charge in [0.1, 0.15) is 11.9 Å². The van der Waals surface area contributed by atoms with E-state index in [1.807, 2.05) is 73.7 Å². The summed E-state index contributed by atoms with van der Waals surface area (Å²) in [5.41, 5.74) is 4.36. The normalized spacial score (nSPS) is 13.4. The summed E-state index contributed by atoms with van der Waals surface area (Å²) in [6.45, 7) is 6.71.